The van der Waals surface area contributed by atoms with Crippen molar-refractivity contribution < 1.29 is 22.6 Å². The Labute approximate surface area is 164 Å². The van der Waals surface area contributed by atoms with Crippen LogP contribution in [0.1, 0.15) is 12.1 Å². The Balaban J connectivity index is 2.06. The van der Waals surface area contributed by atoms with Crippen molar-refractivity contribution in [3.63, 3.8) is 0 Å². The van der Waals surface area contributed by atoms with Crippen molar-refractivity contribution in [2.45, 2.75) is 6.42 Å². The minimum absolute atomic E-state index is 0.0705. The number of aliphatic imine (C=N–C) groups is 1. The molecule has 0 spiro atoms. The summed E-state index contributed by atoms with van der Waals surface area (Å²) in [6, 6.07) is 4.04. The molecule has 2 aromatic rings. The second-order valence-electron chi connectivity index (χ2n) is 4.78. The third-order valence-electron chi connectivity index (χ3n) is 2.89. The van der Waals surface area contributed by atoms with Gasteiger partial charge < -0.3 is 0 Å². The zero-order valence-corrected chi connectivity index (χ0v) is 17.3. The van der Waals surface area contributed by atoms with E-state index in [1.807, 2.05) is 5.48 Å². The molecule has 0 saturated heterocycles. The van der Waals surface area contributed by atoms with E-state index >= 15 is 0 Å². The molecule has 0 amide bonds. The Morgan fingerprint density at radius 2 is 2.15 bits per heavy atom. The van der Waals surface area contributed by atoms with Crippen molar-refractivity contribution in [2.24, 2.45) is 4.99 Å². The fourth-order valence-electron chi connectivity index (χ4n) is 1.77. The molecule has 26 heavy (non-hydrogen) atoms. The van der Waals surface area contributed by atoms with Gasteiger partial charge in [-0.3, -0.25) is 0 Å². The quantitative estimate of drug-likeness (QED) is 0.134. The van der Waals surface area contributed by atoms with E-state index in [9.17, 15) is 18.0 Å². The predicted octanol–water partition coefficient (Wildman–Crippen LogP) is 0.833. The van der Waals surface area contributed by atoms with Crippen LogP contribution in [0.25, 0.3) is 0 Å². The maximum absolute atomic E-state index is 13.3. The Morgan fingerprint density at radius 1 is 1.38 bits per heavy atom. The fraction of sp³-hybridized carbons (Fsp3) is 0.250. The first kappa shape index (κ1) is 20.8. The van der Waals surface area contributed by atoms with Gasteiger partial charge in [0, 0.05) is 0 Å². The minimum atomic E-state index is -3.30. The summed E-state index contributed by atoms with van der Waals surface area (Å²) in [5.74, 6) is -0.324. The first-order valence-corrected chi connectivity index (χ1v) is 11.6. The monoisotopic (exact) mass is 510 g/mol. The van der Waals surface area contributed by atoms with E-state index < -0.39 is 14.1 Å². The molecular weight excluding hydrogens is 498 g/mol. The van der Waals surface area contributed by atoms with Crippen molar-refractivity contribution in [3.05, 3.63) is 34.2 Å². The number of benzene rings is 1. The van der Waals surface area contributed by atoms with Crippen LogP contribution in [0.15, 0.2) is 32.3 Å². The van der Waals surface area contributed by atoms with E-state index in [4.69, 9.17) is 0 Å². The second-order valence-corrected chi connectivity index (χ2v) is 9.90. The number of amidine groups is 1. The molecule has 0 aliphatic carbocycles. The first-order chi connectivity index (χ1) is 12.3. The first-order valence-electron chi connectivity index (χ1n) is 7.03. The van der Waals surface area contributed by atoms with Crippen LogP contribution in [0.5, 0.6) is 0 Å². The molecule has 2 radical (unpaired) electrons. The van der Waals surface area contributed by atoms with Crippen LogP contribution >= 0.6 is 15.9 Å². The van der Waals surface area contributed by atoms with Gasteiger partial charge in [-0.15, -0.1) is 0 Å². The summed E-state index contributed by atoms with van der Waals surface area (Å²) >= 11 is 4.59. The number of aromatic nitrogens is 2. The van der Waals surface area contributed by atoms with E-state index in [0.29, 0.717) is 18.7 Å². The van der Waals surface area contributed by atoms with E-state index in [0.717, 1.165) is 0 Å². The summed E-state index contributed by atoms with van der Waals surface area (Å²) in [5, 5.41) is 19.5. The van der Waals surface area contributed by atoms with Gasteiger partial charge in [-0.05, 0) is 22.0 Å². The molecule has 14 heteroatoms. The molecule has 0 bridgehead atoms. The molecule has 1 aromatic carbocycles. The zero-order chi connectivity index (χ0) is 19.2. The molecule has 2 rings (SSSR count). The summed E-state index contributed by atoms with van der Waals surface area (Å²) < 4.78 is 42.4. The molecule has 10 nitrogen and oxygen atoms in total. The number of hydrogen-bond donors (Lipinski definition) is 4. The van der Waals surface area contributed by atoms with Crippen LogP contribution in [0, 0.1) is 5.82 Å². The molecule has 140 valence electrons. The van der Waals surface area contributed by atoms with Gasteiger partial charge in [-0.25, -0.2) is 4.39 Å². The molecular formula is C12H13AsBrFN6O4S. The Kier molecular flexibility index (Phi) is 7.53. The number of hydrogen-bond acceptors (Lipinski definition) is 8. The number of anilines is 1. The number of nitrogens with zero attached hydrogens (tertiary/aromatic N) is 3. The van der Waals surface area contributed by atoms with E-state index in [1.54, 1.807) is 15.7 Å². The van der Waals surface area contributed by atoms with Crippen molar-refractivity contribution >= 4 is 57.3 Å². The zero-order valence-electron chi connectivity index (χ0n) is 13.0. The van der Waals surface area contributed by atoms with Gasteiger partial charge in [0.2, 0.25) is 0 Å². The Hall–Kier alpha value is -1.53. The predicted molar refractivity (Wildman–Crippen MR) is 95.3 cm³/mol. The fourth-order valence-corrected chi connectivity index (χ4v) is 3.11. The van der Waals surface area contributed by atoms with Gasteiger partial charge in [0.1, 0.15) is 5.82 Å². The normalized spacial score (nSPS) is 12.2. The topological polar surface area (TPSA) is 142 Å². The third kappa shape index (κ3) is 6.32. The summed E-state index contributed by atoms with van der Waals surface area (Å²) in [6.07, 6.45) is 0.466. The average molecular weight is 511 g/mol. The van der Waals surface area contributed by atoms with Crippen LogP contribution in [-0.4, -0.2) is 58.6 Å². The SMILES string of the molecule is O=S(=O)([As])NCCCNc1nonc1C(=Nc1ccc(F)c(Br)c1)NO. The average Bonchev–Trinajstić information content (AvgIpc) is 3.03. The van der Waals surface area contributed by atoms with Crippen LogP contribution in [0.2, 0.25) is 0 Å². The maximum atomic E-state index is 13.3. The van der Waals surface area contributed by atoms with Crippen molar-refractivity contribution in [1.82, 2.24) is 20.5 Å². The molecule has 0 aliphatic heterocycles. The standard InChI is InChI=1S/C12H13AsBrFN6O4S/c13-26(23,24)17-5-1-4-16-11-10(20-25-21-11)12(19-22)18-7-2-3-9(15)8(14)6-7/h2-3,6,17,22H,1,4-5H2,(H,16,21)(H,18,19). The molecule has 1 heterocycles. The number of hydroxylamine groups is 1. The van der Waals surface area contributed by atoms with Crippen LogP contribution in [-0.2, 0) is 8.29 Å². The Morgan fingerprint density at radius 3 is 2.81 bits per heavy atom. The third-order valence-corrected chi connectivity index (χ3v) is 4.88. The molecule has 0 fully saturated rings. The Bertz CT molecular complexity index is 894. The molecule has 0 atom stereocenters. The second kappa shape index (κ2) is 9.42. The molecule has 4 N–H and O–H groups in total. The number of nitrogens with one attached hydrogen (secondary N) is 3. The van der Waals surface area contributed by atoms with Gasteiger partial charge in [0.05, 0.1) is 4.47 Å². The van der Waals surface area contributed by atoms with E-state index in [-0.39, 0.29) is 28.4 Å². The molecule has 0 saturated carbocycles. The van der Waals surface area contributed by atoms with Gasteiger partial charge in [0.25, 0.3) is 0 Å². The summed E-state index contributed by atoms with van der Waals surface area (Å²) in [4.78, 5) is 4.12. The molecule has 1 aromatic heterocycles. The van der Waals surface area contributed by atoms with Crippen LogP contribution < -0.4 is 15.5 Å². The van der Waals surface area contributed by atoms with Crippen LogP contribution in [0.3, 0.4) is 0 Å². The van der Waals surface area contributed by atoms with Gasteiger partial charge in [-0.1, -0.05) is 0 Å². The van der Waals surface area contributed by atoms with E-state index in [1.165, 1.54) is 18.2 Å². The van der Waals surface area contributed by atoms with Crippen molar-refractivity contribution in [1.29, 1.82) is 0 Å². The van der Waals surface area contributed by atoms with Crippen molar-refractivity contribution in [2.75, 3.05) is 18.4 Å². The summed E-state index contributed by atoms with van der Waals surface area (Å²) in [7, 11) is -3.30. The van der Waals surface area contributed by atoms with Crippen molar-refractivity contribution in [3.8, 4) is 0 Å². The summed E-state index contributed by atoms with van der Waals surface area (Å²) in [6.45, 7) is 0.588. The van der Waals surface area contributed by atoms with Gasteiger partial charge in [0.15, 0.2) is 0 Å². The van der Waals surface area contributed by atoms with Gasteiger partial charge in [-0.2, -0.15) is 0 Å². The number of rotatable bonds is 8. The summed E-state index contributed by atoms with van der Waals surface area (Å²) in [5.41, 5.74) is 2.34. The van der Waals surface area contributed by atoms with E-state index in [2.05, 4.69) is 45.9 Å². The van der Waals surface area contributed by atoms with Crippen LogP contribution in [0.4, 0.5) is 15.9 Å². The molecule has 0 unspecified atom stereocenters. The van der Waals surface area contributed by atoms with Gasteiger partial charge >= 0.3 is 128 Å². The number of halogens is 2. The molecule has 0 aliphatic rings.